The number of aliphatic hydroxyl groups is 1. The van der Waals surface area contributed by atoms with E-state index in [9.17, 15) is 78.3 Å². The number of aliphatic imine (C=N–C) groups is 1. The number of rotatable bonds is 34. The van der Waals surface area contributed by atoms with Gasteiger partial charge in [-0.3, -0.25) is 52.9 Å². The minimum absolute atomic E-state index is 0.0255. The fraction of sp³-hybridized carbons (Fsp3) is 0.625. The van der Waals surface area contributed by atoms with Gasteiger partial charge in [-0.05, 0) is 81.4 Å². The van der Waals surface area contributed by atoms with E-state index in [0.29, 0.717) is 5.56 Å². The number of carbonyl (C=O) groups excluding carboxylic acids is 8. The van der Waals surface area contributed by atoms with Gasteiger partial charge < -0.3 is 85.3 Å². The Bertz CT molecular complexity index is 2200. The zero-order valence-electron chi connectivity index (χ0n) is 44.1. The first kappa shape index (κ1) is 66.4. The van der Waals surface area contributed by atoms with Gasteiger partial charge in [-0.25, -0.2) is 4.79 Å². The monoisotopic (exact) mass is 1080 g/mol. The van der Waals surface area contributed by atoms with Gasteiger partial charge in [0.2, 0.25) is 47.3 Å². The van der Waals surface area contributed by atoms with Crippen molar-refractivity contribution >= 4 is 71.1 Å². The molecule has 0 aliphatic heterocycles. The lowest BCUT2D eigenvalue weighted by atomic mass is 10.00. The number of hydrogen-bond acceptors (Lipinski definition) is 15. The van der Waals surface area contributed by atoms with Crippen LogP contribution < -0.4 is 59.7 Å². The minimum atomic E-state index is -1.66. The number of nitrogens with one attached hydrogen (secondary N) is 8. The van der Waals surface area contributed by atoms with Crippen LogP contribution in [0.3, 0.4) is 0 Å². The summed E-state index contributed by atoms with van der Waals surface area (Å²) in [5, 5.41) is 67.8. The van der Waals surface area contributed by atoms with Gasteiger partial charge in [0, 0.05) is 25.8 Å². The molecule has 0 saturated carbocycles. The summed E-state index contributed by atoms with van der Waals surface area (Å²) in [6, 6.07) is -7.65. The summed E-state index contributed by atoms with van der Waals surface area (Å²) >= 11 is 0. The summed E-state index contributed by atoms with van der Waals surface area (Å²) < 4.78 is 0. The van der Waals surface area contributed by atoms with Gasteiger partial charge in [-0.15, -0.1) is 0 Å². The number of carboxylic acid groups (broad SMARTS) is 3. The number of carbonyl (C=O) groups is 11. The molecule has 8 amide bonds. The number of hydrogen-bond donors (Lipinski definition) is 16. The Hall–Kier alpha value is -7.62. The number of carboxylic acids is 3. The van der Waals surface area contributed by atoms with E-state index < -0.39 is 163 Å². The summed E-state index contributed by atoms with van der Waals surface area (Å²) in [7, 11) is 0. The van der Waals surface area contributed by atoms with Gasteiger partial charge in [0.15, 0.2) is 5.96 Å². The summed E-state index contributed by atoms with van der Waals surface area (Å²) in [5.74, 6) is -13.6. The molecule has 0 aromatic heterocycles. The molecule has 0 fully saturated rings. The number of benzene rings is 1. The number of aliphatic carboxylic acids is 3. The molecule has 0 radical (unpaired) electrons. The van der Waals surface area contributed by atoms with E-state index in [0.717, 1.165) is 0 Å². The van der Waals surface area contributed by atoms with Crippen LogP contribution in [0.4, 0.5) is 0 Å². The van der Waals surface area contributed by atoms with E-state index in [4.69, 9.17) is 17.2 Å². The van der Waals surface area contributed by atoms with Crippen molar-refractivity contribution in [3.63, 3.8) is 0 Å². The van der Waals surface area contributed by atoms with E-state index >= 15 is 0 Å². The van der Waals surface area contributed by atoms with Crippen molar-refractivity contribution in [3.8, 4) is 5.75 Å². The second kappa shape index (κ2) is 32.6. The average Bonchev–Trinajstić information content (AvgIpc) is 3.31. The van der Waals surface area contributed by atoms with Crippen molar-refractivity contribution in [2.45, 2.75) is 167 Å². The fourth-order valence-electron chi connectivity index (χ4n) is 7.15. The Labute approximate surface area is 440 Å². The normalized spacial score (nSPS) is 15.1. The van der Waals surface area contributed by atoms with Crippen molar-refractivity contribution in [2.24, 2.45) is 39.9 Å². The molecule has 10 atom stereocenters. The average molecular weight is 1080 g/mol. The Morgan fingerprint density at radius 1 is 0.526 bits per heavy atom. The topological polar surface area (TPSA) is 476 Å². The second-order valence-electron chi connectivity index (χ2n) is 19.4. The van der Waals surface area contributed by atoms with Crippen molar-refractivity contribution in [1.82, 2.24) is 42.5 Å². The van der Waals surface area contributed by atoms with E-state index in [1.165, 1.54) is 65.8 Å². The molecule has 1 aromatic rings. The first-order chi connectivity index (χ1) is 35.3. The lowest BCUT2D eigenvalue weighted by molar-refractivity contribution is -0.144. The quantitative estimate of drug-likeness (QED) is 0.0183. The third-order valence-corrected chi connectivity index (χ3v) is 11.5. The van der Waals surface area contributed by atoms with E-state index in [-0.39, 0.29) is 49.9 Å². The lowest BCUT2D eigenvalue weighted by Gasteiger charge is -2.28. The number of nitrogens with two attached hydrogens (primary N) is 3. The summed E-state index contributed by atoms with van der Waals surface area (Å²) in [6.07, 6.45) is -3.85. The number of phenols is 1. The molecule has 0 spiro atoms. The van der Waals surface area contributed by atoms with Crippen molar-refractivity contribution in [3.05, 3.63) is 29.8 Å². The number of aliphatic hydroxyl groups excluding tert-OH is 1. The number of aromatic hydroxyl groups is 1. The Morgan fingerprint density at radius 2 is 0.947 bits per heavy atom. The molecule has 28 heteroatoms. The zero-order valence-corrected chi connectivity index (χ0v) is 44.1. The first-order valence-electron chi connectivity index (χ1n) is 24.7. The molecular weight excluding hydrogens is 1000 g/mol. The molecule has 1 aromatic carbocycles. The second-order valence-corrected chi connectivity index (χ2v) is 19.4. The maximum absolute atomic E-state index is 14.1. The molecular formula is C48H78N12O16. The highest BCUT2D eigenvalue weighted by molar-refractivity contribution is 5.98. The molecule has 0 bridgehead atoms. The SMILES string of the molecule is CC(C)C[C@H](NC(=O)[C@@H](N)[C@@H](C)O)C(=O)N[C@@H](Cc1ccc(O)cc1)C(=O)N[C@@H](CCC(=O)O)C(=O)N[C@@H](C)C(=O)N[C@H](C(=O)N[C@@H](CCCN=C(N)N)C(=O)N[C@@H](CCC(=O)O)C(=O)N[C@H](C(=O)O)C(C)C)C(C)C. The zero-order chi connectivity index (χ0) is 58.1. The molecule has 19 N–H and O–H groups in total. The third-order valence-electron chi connectivity index (χ3n) is 11.5. The van der Waals surface area contributed by atoms with Crippen LogP contribution in [-0.2, 0) is 59.2 Å². The highest BCUT2D eigenvalue weighted by Crippen LogP contribution is 2.14. The third kappa shape index (κ3) is 24.6. The highest BCUT2D eigenvalue weighted by atomic mass is 16.4. The van der Waals surface area contributed by atoms with Gasteiger partial charge >= 0.3 is 17.9 Å². The van der Waals surface area contributed by atoms with Gasteiger partial charge in [0.1, 0.15) is 60.1 Å². The summed E-state index contributed by atoms with van der Waals surface area (Å²) in [6.45, 7) is 12.1. The minimum Gasteiger partial charge on any atom is -0.508 e. The Kier molecular flexibility index (Phi) is 28.5. The Morgan fingerprint density at radius 3 is 1.41 bits per heavy atom. The van der Waals surface area contributed by atoms with Crippen LogP contribution in [0.15, 0.2) is 29.3 Å². The maximum atomic E-state index is 14.1. The Balaban J connectivity index is 3.48. The van der Waals surface area contributed by atoms with Crippen molar-refractivity contribution < 1.29 is 78.3 Å². The lowest BCUT2D eigenvalue weighted by Crippen LogP contribution is -2.61. The predicted octanol–water partition coefficient (Wildman–Crippen LogP) is -3.23. The van der Waals surface area contributed by atoms with Gasteiger partial charge in [-0.2, -0.15) is 0 Å². The fourth-order valence-corrected chi connectivity index (χ4v) is 7.15. The van der Waals surface area contributed by atoms with Gasteiger partial charge in [-0.1, -0.05) is 53.7 Å². The maximum Gasteiger partial charge on any atom is 0.326 e. The predicted molar refractivity (Wildman–Crippen MR) is 273 cm³/mol. The molecule has 426 valence electrons. The molecule has 76 heavy (non-hydrogen) atoms. The number of guanidine groups is 1. The highest BCUT2D eigenvalue weighted by Gasteiger charge is 2.36. The number of phenolic OH excluding ortho intramolecular Hbond substituents is 1. The molecule has 0 unspecified atom stereocenters. The molecule has 0 aliphatic rings. The van der Waals surface area contributed by atoms with Crippen LogP contribution >= 0.6 is 0 Å². The van der Waals surface area contributed by atoms with Gasteiger partial charge in [0.05, 0.1) is 6.10 Å². The van der Waals surface area contributed by atoms with Crippen LogP contribution in [-0.4, -0.2) is 164 Å². The summed E-state index contributed by atoms with van der Waals surface area (Å²) in [4.78, 5) is 148. The van der Waals surface area contributed by atoms with Crippen LogP contribution in [0.1, 0.15) is 106 Å². The first-order valence-corrected chi connectivity index (χ1v) is 24.7. The smallest absolute Gasteiger partial charge is 0.326 e. The molecule has 28 nitrogen and oxygen atoms in total. The molecule has 0 aliphatic carbocycles. The standard InChI is InChI=1S/C48H78N12O16/c1-22(2)20-32(58-45(73)36(49)26(8)61)43(71)57-33(21-27-11-13-28(62)14-12-27)44(72)55-30(15-17-34(63)64)40(68)53-25(7)39(67)59-37(23(3)4)46(74)56-29(10-9-19-52-48(50)51)41(69)54-31(16-18-35(65)66)42(70)60-38(24(5)6)47(75)76/h11-14,22-26,29-33,36-38,61-62H,9-10,15-21,49H2,1-8H3,(H,53,68)(H,54,69)(H,55,72)(H,56,74)(H,57,71)(H,58,73)(H,59,67)(H,60,70)(H,63,64)(H,65,66)(H,75,76)(H4,50,51,52)/t25-,26+,29-,30-,31-,32-,33-,36-,37-,38-/m0/s1. The van der Waals surface area contributed by atoms with Crippen LogP contribution in [0.25, 0.3) is 0 Å². The van der Waals surface area contributed by atoms with E-state index in [2.05, 4.69) is 47.5 Å². The van der Waals surface area contributed by atoms with Crippen LogP contribution in [0.2, 0.25) is 0 Å². The van der Waals surface area contributed by atoms with Crippen molar-refractivity contribution in [1.29, 1.82) is 0 Å². The molecule has 1 rings (SSSR count). The largest absolute Gasteiger partial charge is 0.508 e. The molecule has 0 saturated heterocycles. The van der Waals surface area contributed by atoms with E-state index in [1.807, 2.05) is 0 Å². The van der Waals surface area contributed by atoms with Gasteiger partial charge in [0.25, 0.3) is 0 Å². The summed E-state index contributed by atoms with van der Waals surface area (Å²) in [5.41, 5.74) is 17.1. The van der Waals surface area contributed by atoms with Crippen molar-refractivity contribution in [2.75, 3.05) is 6.54 Å². The van der Waals surface area contributed by atoms with Crippen LogP contribution in [0, 0.1) is 17.8 Å². The number of nitrogens with zero attached hydrogens (tertiary/aromatic N) is 1. The number of amides is 8. The van der Waals surface area contributed by atoms with E-state index in [1.54, 1.807) is 13.8 Å². The molecule has 0 heterocycles. The van der Waals surface area contributed by atoms with Crippen LogP contribution in [0.5, 0.6) is 5.75 Å².